The highest BCUT2D eigenvalue weighted by Gasteiger charge is 2.49. The van der Waals surface area contributed by atoms with Gasteiger partial charge >= 0.3 is 11.9 Å². The summed E-state index contributed by atoms with van der Waals surface area (Å²) in [6.07, 6.45) is 0. The molecule has 1 aliphatic rings. The number of thiazole rings is 1. The summed E-state index contributed by atoms with van der Waals surface area (Å²) in [5.41, 5.74) is 1.84. The summed E-state index contributed by atoms with van der Waals surface area (Å²) in [5.74, 6) is -1.60. The maximum absolute atomic E-state index is 13.5. The van der Waals surface area contributed by atoms with Crippen molar-refractivity contribution < 1.29 is 33.7 Å². The van der Waals surface area contributed by atoms with Crippen LogP contribution in [0.25, 0.3) is 5.76 Å². The molecule has 4 rings (SSSR count). The second-order valence-electron chi connectivity index (χ2n) is 8.46. The number of amides is 1. The third kappa shape index (κ3) is 4.74. The van der Waals surface area contributed by atoms with E-state index in [2.05, 4.69) is 4.98 Å². The molecule has 38 heavy (non-hydrogen) atoms. The number of nitrogens with zero attached hydrogens (tertiary/aromatic N) is 2. The molecule has 2 heterocycles. The molecule has 1 atom stereocenters. The van der Waals surface area contributed by atoms with Crippen molar-refractivity contribution in [2.45, 2.75) is 33.7 Å². The van der Waals surface area contributed by atoms with Crippen LogP contribution in [-0.4, -0.2) is 48.1 Å². The quantitative estimate of drug-likeness (QED) is 0.186. The maximum atomic E-state index is 13.5. The number of hydrogen-bond donors (Lipinski definition) is 1. The summed E-state index contributed by atoms with van der Waals surface area (Å²) in [6, 6.07) is 10.9. The Morgan fingerprint density at radius 1 is 1.08 bits per heavy atom. The summed E-state index contributed by atoms with van der Waals surface area (Å²) in [5, 5.41) is 11.6. The third-order valence-electron chi connectivity index (χ3n) is 6.08. The van der Waals surface area contributed by atoms with E-state index in [1.165, 1.54) is 4.90 Å². The van der Waals surface area contributed by atoms with Gasteiger partial charge in [0.15, 0.2) is 5.13 Å². The molecule has 0 radical (unpaired) electrons. The molecule has 1 saturated heterocycles. The number of esters is 1. The molecule has 2 aromatic carbocycles. The van der Waals surface area contributed by atoms with Crippen molar-refractivity contribution in [3.05, 3.63) is 75.3 Å². The summed E-state index contributed by atoms with van der Waals surface area (Å²) < 4.78 is 16.3. The van der Waals surface area contributed by atoms with E-state index in [0.29, 0.717) is 34.9 Å². The number of methoxy groups -OCH3 is 1. The molecule has 3 aromatic rings. The predicted octanol–water partition coefficient (Wildman–Crippen LogP) is 4.97. The number of carbonyl (C=O) groups excluding carboxylic acids is 3. The fraction of sp³-hybridized carbons (Fsp3) is 0.286. The zero-order chi connectivity index (χ0) is 27.6. The molecule has 1 unspecified atom stereocenters. The Labute approximate surface area is 224 Å². The number of anilines is 1. The number of ether oxygens (including phenoxy) is 3. The minimum atomic E-state index is -1.05. The van der Waals surface area contributed by atoms with E-state index in [1.807, 2.05) is 13.8 Å². The van der Waals surface area contributed by atoms with E-state index in [0.717, 1.165) is 16.9 Å². The largest absolute Gasteiger partial charge is 0.507 e. The zero-order valence-electron chi connectivity index (χ0n) is 21.7. The van der Waals surface area contributed by atoms with Crippen LogP contribution < -0.4 is 14.4 Å². The van der Waals surface area contributed by atoms with E-state index in [4.69, 9.17) is 14.2 Å². The average Bonchev–Trinajstić information content (AvgIpc) is 3.40. The highest BCUT2D eigenvalue weighted by atomic mass is 32.1. The van der Waals surface area contributed by atoms with E-state index in [-0.39, 0.29) is 27.9 Å². The smallest absolute Gasteiger partial charge is 0.350 e. The topological polar surface area (TPSA) is 115 Å². The Balaban J connectivity index is 1.95. The summed E-state index contributed by atoms with van der Waals surface area (Å²) >= 11 is 0.951. The molecule has 1 aliphatic heterocycles. The predicted molar refractivity (Wildman–Crippen MR) is 143 cm³/mol. The van der Waals surface area contributed by atoms with Crippen LogP contribution in [-0.2, 0) is 14.3 Å². The Morgan fingerprint density at radius 2 is 1.82 bits per heavy atom. The van der Waals surface area contributed by atoms with Crippen LogP contribution in [0.2, 0.25) is 0 Å². The lowest BCUT2D eigenvalue weighted by atomic mass is 9.94. The van der Waals surface area contributed by atoms with Gasteiger partial charge in [-0.2, -0.15) is 0 Å². The molecule has 1 fully saturated rings. The molecule has 0 bridgehead atoms. The number of aliphatic hydroxyl groups excluding tert-OH is 1. The molecule has 1 N–H and O–H groups in total. The first kappa shape index (κ1) is 26.9. The van der Waals surface area contributed by atoms with Gasteiger partial charge in [-0.05, 0) is 57.5 Å². The van der Waals surface area contributed by atoms with Crippen molar-refractivity contribution in [3.8, 4) is 11.5 Å². The lowest BCUT2D eigenvalue weighted by molar-refractivity contribution is -0.132. The van der Waals surface area contributed by atoms with Gasteiger partial charge in [0.2, 0.25) is 0 Å². The minimum Gasteiger partial charge on any atom is -0.507 e. The van der Waals surface area contributed by atoms with Crippen molar-refractivity contribution in [2.75, 3.05) is 25.2 Å². The van der Waals surface area contributed by atoms with Crippen molar-refractivity contribution in [1.82, 2.24) is 4.98 Å². The van der Waals surface area contributed by atoms with Crippen LogP contribution in [0.4, 0.5) is 5.13 Å². The Kier molecular flexibility index (Phi) is 7.82. The van der Waals surface area contributed by atoms with Gasteiger partial charge in [-0.15, -0.1) is 0 Å². The number of para-hydroxylation sites is 1. The van der Waals surface area contributed by atoms with Crippen LogP contribution >= 0.6 is 11.3 Å². The molecular formula is C28H28N2O7S. The number of rotatable bonds is 8. The number of hydrogen-bond acceptors (Lipinski definition) is 9. The van der Waals surface area contributed by atoms with Gasteiger partial charge in [0, 0.05) is 11.1 Å². The van der Waals surface area contributed by atoms with Gasteiger partial charge in [-0.25, -0.2) is 9.78 Å². The van der Waals surface area contributed by atoms with E-state index < -0.39 is 23.7 Å². The number of Topliss-reactive ketones (excluding diaryl/α,β-unsaturated/α-hetero) is 1. The number of carbonyl (C=O) groups is 3. The Morgan fingerprint density at radius 3 is 2.47 bits per heavy atom. The van der Waals surface area contributed by atoms with Gasteiger partial charge in [-0.3, -0.25) is 14.5 Å². The van der Waals surface area contributed by atoms with Crippen LogP contribution in [0.15, 0.2) is 48.0 Å². The Hall–Kier alpha value is -4.18. The number of ketones is 1. The highest BCUT2D eigenvalue weighted by Crippen LogP contribution is 2.46. The highest BCUT2D eigenvalue weighted by molar-refractivity contribution is 7.17. The van der Waals surface area contributed by atoms with Gasteiger partial charge in [0.25, 0.3) is 5.78 Å². The van der Waals surface area contributed by atoms with Gasteiger partial charge < -0.3 is 19.3 Å². The lowest BCUT2D eigenvalue weighted by Gasteiger charge is -2.24. The lowest BCUT2D eigenvalue weighted by Crippen LogP contribution is -2.29. The normalized spacial score (nSPS) is 16.6. The van der Waals surface area contributed by atoms with E-state index >= 15 is 0 Å². The second kappa shape index (κ2) is 11.1. The first-order valence-corrected chi connectivity index (χ1v) is 12.9. The van der Waals surface area contributed by atoms with Crippen molar-refractivity contribution in [1.29, 1.82) is 0 Å². The van der Waals surface area contributed by atoms with Crippen LogP contribution in [0.5, 0.6) is 11.5 Å². The van der Waals surface area contributed by atoms with Gasteiger partial charge in [-0.1, -0.05) is 29.5 Å². The molecule has 0 aliphatic carbocycles. The molecule has 0 spiro atoms. The fourth-order valence-electron chi connectivity index (χ4n) is 4.37. The number of aliphatic hydroxyl groups is 1. The standard InChI is InChI=1S/C28H28N2O7S/c1-6-36-20-11-9-8-10-18(20)22-21(23(31)17-12-13-19(35-5)15(3)14-17)24(32)26(33)30(22)28-29-16(4)25(38-28)27(34)37-7-2/h8-14,22,31H,6-7H2,1-5H3/b23-21+. The van der Waals surface area contributed by atoms with Crippen LogP contribution in [0, 0.1) is 13.8 Å². The number of aromatic nitrogens is 1. The van der Waals surface area contributed by atoms with Crippen molar-refractivity contribution in [2.24, 2.45) is 0 Å². The minimum absolute atomic E-state index is 0.114. The summed E-state index contributed by atoms with van der Waals surface area (Å²) in [7, 11) is 1.54. The summed E-state index contributed by atoms with van der Waals surface area (Å²) in [6.45, 7) is 7.48. The third-order valence-corrected chi connectivity index (χ3v) is 7.22. The average molecular weight is 537 g/mol. The van der Waals surface area contributed by atoms with Gasteiger partial charge in [0.05, 0.1) is 31.6 Å². The van der Waals surface area contributed by atoms with Crippen molar-refractivity contribution >= 4 is 39.9 Å². The Bertz CT molecular complexity index is 1440. The summed E-state index contributed by atoms with van der Waals surface area (Å²) in [4.78, 5) is 45.4. The number of benzene rings is 2. The van der Waals surface area contributed by atoms with Gasteiger partial charge in [0.1, 0.15) is 28.2 Å². The maximum Gasteiger partial charge on any atom is 0.350 e. The first-order valence-electron chi connectivity index (χ1n) is 12.1. The molecular weight excluding hydrogens is 508 g/mol. The molecule has 10 heteroatoms. The molecule has 198 valence electrons. The van der Waals surface area contributed by atoms with Crippen LogP contribution in [0.3, 0.4) is 0 Å². The molecule has 1 aromatic heterocycles. The number of aryl methyl sites for hydroxylation is 2. The van der Waals surface area contributed by atoms with Crippen molar-refractivity contribution in [3.63, 3.8) is 0 Å². The first-order chi connectivity index (χ1) is 18.2. The molecule has 0 saturated carbocycles. The fourth-order valence-corrected chi connectivity index (χ4v) is 5.36. The van der Waals surface area contributed by atoms with Crippen LogP contribution in [0.1, 0.15) is 51.9 Å². The second-order valence-corrected chi connectivity index (χ2v) is 9.43. The monoisotopic (exact) mass is 536 g/mol. The van der Waals surface area contributed by atoms with E-state index in [1.54, 1.807) is 63.4 Å². The molecule has 9 nitrogen and oxygen atoms in total. The zero-order valence-corrected chi connectivity index (χ0v) is 22.5. The molecule has 1 amide bonds. The SMILES string of the molecule is CCOC(=O)c1sc(N2C(=O)C(=O)/C(=C(/O)c3ccc(OC)c(C)c3)C2c2ccccc2OCC)nc1C. The van der Waals surface area contributed by atoms with E-state index in [9.17, 15) is 19.5 Å².